The second-order valence-electron chi connectivity index (χ2n) is 4.67. The van der Waals surface area contributed by atoms with Gasteiger partial charge in [0, 0.05) is 6.61 Å². The number of ether oxygens (including phenoxy) is 2. The predicted octanol–water partition coefficient (Wildman–Crippen LogP) is 0.753. The molecule has 0 unspecified atom stereocenters. The SMILES string of the molecule is CC(C)(C)OC(=O)N[C@H]1CCO[C@H]1C(=O)O. The second-order valence-corrected chi connectivity index (χ2v) is 4.67. The predicted molar refractivity (Wildman–Crippen MR) is 55.2 cm³/mol. The molecule has 0 aliphatic carbocycles. The van der Waals surface area contributed by atoms with Crippen molar-refractivity contribution in [2.45, 2.75) is 44.9 Å². The summed E-state index contributed by atoms with van der Waals surface area (Å²) in [6.45, 7) is 5.56. The summed E-state index contributed by atoms with van der Waals surface area (Å²) in [5, 5.41) is 11.3. The van der Waals surface area contributed by atoms with Crippen LogP contribution in [-0.2, 0) is 14.3 Å². The number of aliphatic carboxylic acids is 1. The van der Waals surface area contributed by atoms with E-state index in [1.54, 1.807) is 20.8 Å². The Kier molecular flexibility index (Phi) is 3.74. The highest BCUT2D eigenvalue weighted by atomic mass is 16.6. The molecule has 0 radical (unpaired) electrons. The molecule has 0 saturated carbocycles. The number of hydrogen-bond donors (Lipinski definition) is 2. The first-order chi connectivity index (χ1) is 7.29. The van der Waals surface area contributed by atoms with Crippen molar-refractivity contribution in [3.63, 3.8) is 0 Å². The van der Waals surface area contributed by atoms with Crippen LogP contribution in [0.25, 0.3) is 0 Å². The lowest BCUT2D eigenvalue weighted by molar-refractivity contribution is -0.148. The molecule has 0 aromatic rings. The van der Waals surface area contributed by atoms with Crippen LogP contribution in [0.1, 0.15) is 27.2 Å². The van der Waals surface area contributed by atoms with Crippen molar-refractivity contribution < 1.29 is 24.2 Å². The Morgan fingerprint density at radius 3 is 2.56 bits per heavy atom. The van der Waals surface area contributed by atoms with Gasteiger partial charge in [0.2, 0.25) is 0 Å². The number of carboxylic acid groups (broad SMARTS) is 1. The third-order valence-corrected chi connectivity index (χ3v) is 2.04. The molecule has 1 saturated heterocycles. The largest absolute Gasteiger partial charge is 0.479 e. The topological polar surface area (TPSA) is 84.9 Å². The molecule has 1 heterocycles. The maximum absolute atomic E-state index is 11.4. The van der Waals surface area contributed by atoms with E-state index in [0.717, 1.165) is 0 Å². The third kappa shape index (κ3) is 3.69. The zero-order chi connectivity index (χ0) is 12.3. The molecule has 1 rings (SSSR count). The van der Waals surface area contributed by atoms with Crippen molar-refractivity contribution >= 4 is 12.1 Å². The number of alkyl carbamates (subject to hydrolysis) is 1. The second kappa shape index (κ2) is 4.69. The van der Waals surface area contributed by atoms with Gasteiger partial charge in [-0.1, -0.05) is 0 Å². The van der Waals surface area contributed by atoms with Gasteiger partial charge in [-0.25, -0.2) is 9.59 Å². The summed E-state index contributed by atoms with van der Waals surface area (Å²) in [4.78, 5) is 22.2. The van der Waals surface area contributed by atoms with Gasteiger partial charge in [-0.3, -0.25) is 0 Å². The van der Waals surface area contributed by atoms with Crippen LogP contribution >= 0.6 is 0 Å². The molecular formula is C10H17NO5. The summed E-state index contributed by atoms with van der Waals surface area (Å²) in [5.41, 5.74) is -0.595. The van der Waals surface area contributed by atoms with Gasteiger partial charge in [0.1, 0.15) is 5.60 Å². The molecule has 2 N–H and O–H groups in total. The highest BCUT2D eigenvalue weighted by molar-refractivity contribution is 5.76. The average Bonchev–Trinajstić information content (AvgIpc) is 2.47. The molecule has 6 heteroatoms. The van der Waals surface area contributed by atoms with Crippen LogP contribution in [0.5, 0.6) is 0 Å². The van der Waals surface area contributed by atoms with E-state index in [-0.39, 0.29) is 0 Å². The zero-order valence-electron chi connectivity index (χ0n) is 9.65. The fraction of sp³-hybridized carbons (Fsp3) is 0.800. The van der Waals surface area contributed by atoms with Crippen LogP contribution in [0.3, 0.4) is 0 Å². The molecular weight excluding hydrogens is 214 g/mol. The number of rotatable bonds is 2. The lowest BCUT2D eigenvalue weighted by Gasteiger charge is -2.22. The Morgan fingerprint density at radius 2 is 2.06 bits per heavy atom. The highest BCUT2D eigenvalue weighted by Gasteiger charge is 2.36. The lowest BCUT2D eigenvalue weighted by Crippen LogP contribution is -2.45. The maximum Gasteiger partial charge on any atom is 0.407 e. The summed E-state index contributed by atoms with van der Waals surface area (Å²) >= 11 is 0. The van der Waals surface area contributed by atoms with Crippen molar-refractivity contribution in [1.82, 2.24) is 5.32 Å². The number of carbonyl (C=O) groups excluding carboxylic acids is 1. The van der Waals surface area contributed by atoms with Gasteiger partial charge in [-0.15, -0.1) is 0 Å². The number of nitrogens with one attached hydrogen (secondary N) is 1. The van der Waals surface area contributed by atoms with Gasteiger partial charge >= 0.3 is 12.1 Å². The van der Waals surface area contributed by atoms with Crippen molar-refractivity contribution in [3.8, 4) is 0 Å². The Hall–Kier alpha value is -1.30. The van der Waals surface area contributed by atoms with E-state index in [1.165, 1.54) is 0 Å². The van der Waals surface area contributed by atoms with Gasteiger partial charge in [-0.2, -0.15) is 0 Å². The van der Waals surface area contributed by atoms with Gasteiger partial charge in [0.15, 0.2) is 6.10 Å². The minimum Gasteiger partial charge on any atom is -0.479 e. The van der Waals surface area contributed by atoms with Crippen molar-refractivity contribution in [2.75, 3.05) is 6.61 Å². The minimum atomic E-state index is -1.07. The van der Waals surface area contributed by atoms with Crippen molar-refractivity contribution in [1.29, 1.82) is 0 Å². The lowest BCUT2D eigenvalue weighted by atomic mass is 10.1. The van der Waals surface area contributed by atoms with Crippen molar-refractivity contribution in [3.05, 3.63) is 0 Å². The van der Waals surface area contributed by atoms with Crippen LogP contribution in [0.15, 0.2) is 0 Å². The highest BCUT2D eigenvalue weighted by Crippen LogP contribution is 2.15. The summed E-state index contributed by atoms with van der Waals surface area (Å²) in [5.74, 6) is -1.07. The van der Waals surface area contributed by atoms with Crippen LogP contribution < -0.4 is 5.32 Å². The number of hydrogen-bond acceptors (Lipinski definition) is 4. The molecule has 2 atom stereocenters. The van der Waals surface area contributed by atoms with Gasteiger partial charge in [-0.05, 0) is 27.2 Å². The molecule has 92 valence electrons. The van der Waals surface area contributed by atoms with Crippen LogP contribution in [0.2, 0.25) is 0 Å². The van der Waals surface area contributed by atoms with Crippen LogP contribution in [0, 0.1) is 0 Å². The summed E-state index contributed by atoms with van der Waals surface area (Å²) in [6, 6.07) is -0.521. The number of carboxylic acids is 1. The Labute approximate surface area is 93.9 Å². The number of carbonyl (C=O) groups is 2. The number of amides is 1. The van der Waals surface area contributed by atoms with Crippen molar-refractivity contribution in [2.24, 2.45) is 0 Å². The van der Waals surface area contributed by atoms with E-state index in [0.29, 0.717) is 13.0 Å². The summed E-state index contributed by atoms with van der Waals surface area (Å²) in [7, 11) is 0. The molecule has 0 bridgehead atoms. The van der Waals surface area contributed by atoms with E-state index in [2.05, 4.69) is 5.32 Å². The first-order valence-corrected chi connectivity index (χ1v) is 5.13. The van der Waals surface area contributed by atoms with Gasteiger partial charge in [0.05, 0.1) is 6.04 Å². The van der Waals surface area contributed by atoms with E-state index < -0.39 is 29.8 Å². The Bertz CT molecular complexity index is 283. The van der Waals surface area contributed by atoms with E-state index >= 15 is 0 Å². The molecule has 1 amide bonds. The molecule has 6 nitrogen and oxygen atoms in total. The fourth-order valence-electron chi connectivity index (χ4n) is 1.44. The zero-order valence-corrected chi connectivity index (χ0v) is 9.65. The van der Waals surface area contributed by atoms with E-state index in [1.807, 2.05) is 0 Å². The molecule has 1 fully saturated rings. The Morgan fingerprint density at radius 1 is 1.44 bits per heavy atom. The standard InChI is InChI=1S/C10H17NO5/c1-10(2,3)16-9(14)11-6-4-5-15-7(6)8(12)13/h6-7H,4-5H2,1-3H3,(H,11,14)(H,12,13)/t6-,7+/m0/s1. The maximum atomic E-state index is 11.4. The molecule has 16 heavy (non-hydrogen) atoms. The molecule has 0 aromatic carbocycles. The quantitative estimate of drug-likeness (QED) is 0.732. The first kappa shape index (κ1) is 12.8. The molecule has 1 aliphatic rings. The Balaban J connectivity index is 2.47. The summed E-state index contributed by atoms with van der Waals surface area (Å²) < 4.78 is 10.0. The molecule has 1 aliphatic heterocycles. The smallest absolute Gasteiger partial charge is 0.407 e. The van der Waals surface area contributed by atoms with Gasteiger partial charge in [0.25, 0.3) is 0 Å². The van der Waals surface area contributed by atoms with E-state index in [9.17, 15) is 9.59 Å². The normalized spacial score (nSPS) is 25.2. The first-order valence-electron chi connectivity index (χ1n) is 5.13. The minimum absolute atomic E-state index is 0.331. The average molecular weight is 231 g/mol. The molecule has 0 spiro atoms. The van der Waals surface area contributed by atoms with Gasteiger partial charge < -0.3 is 19.9 Å². The third-order valence-electron chi connectivity index (χ3n) is 2.04. The fourth-order valence-corrected chi connectivity index (χ4v) is 1.44. The van der Waals surface area contributed by atoms with E-state index in [4.69, 9.17) is 14.6 Å². The molecule has 0 aromatic heterocycles. The van der Waals surface area contributed by atoms with Crippen LogP contribution in [-0.4, -0.2) is 41.5 Å². The summed E-state index contributed by atoms with van der Waals surface area (Å²) in [6.07, 6.45) is -1.11. The van der Waals surface area contributed by atoms with Crippen LogP contribution in [0.4, 0.5) is 4.79 Å². The monoisotopic (exact) mass is 231 g/mol.